The van der Waals surface area contributed by atoms with Crippen molar-refractivity contribution in [3.05, 3.63) is 35.9 Å². The molecule has 1 aromatic carbocycles. The average Bonchev–Trinajstić information content (AvgIpc) is 3.56. The molecule has 2 heterocycles. The first-order valence-corrected chi connectivity index (χ1v) is 17.6. The fraction of sp³-hybridized carbons (Fsp3) is 0.806. The van der Waals surface area contributed by atoms with Crippen LogP contribution in [0.1, 0.15) is 110 Å². The lowest BCUT2D eigenvalue weighted by molar-refractivity contribution is -0.229. The molecule has 44 heavy (non-hydrogen) atoms. The van der Waals surface area contributed by atoms with Crippen molar-refractivity contribution >= 4 is 6.16 Å². The van der Waals surface area contributed by atoms with Crippen LogP contribution in [0.3, 0.4) is 0 Å². The van der Waals surface area contributed by atoms with Crippen molar-refractivity contribution < 1.29 is 38.0 Å². The largest absolute Gasteiger partial charge is 0.509 e. The lowest BCUT2D eigenvalue weighted by Gasteiger charge is -2.42. The predicted octanol–water partition coefficient (Wildman–Crippen LogP) is 7.46. The second-order valence-electron chi connectivity index (χ2n) is 14.8. The maximum Gasteiger partial charge on any atom is 0.509 e. The number of hydrogen-bond acceptors (Lipinski definition) is 8. The second-order valence-corrected chi connectivity index (χ2v) is 14.8. The van der Waals surface area contributed by atoms with E-state index >= 15 is 0 Å². The van der Waals surface area contributed by atoms with E-state index in [0.717, 1.165) is 76.2 Å². The first-order valence-electron chi connectivity index (χ1n) is 17.6. The molecule has 0 amide bonds. The van der Waals surface area contributed by atoms with Crippen LogP contribution in [-0.2, 0) is 39.8 Å². The topological polar surface area (TPSA) is 81.7 Å². The van der Waals surface area contributed by atoms with E-state index < -0.39 is 48.2 Å². The zero-order chi connectivity index (χ0) is 30.3. The van der Waals surface area contributed by atoms with E-state index in [2.05, 4.69) is 20.8 Å². The molecule has 0 N–H and O–H groups in total. The Morgan fingerprint density at radius 1 is 0.773 bits per heavy atom. The van der Waals surface area contributed by atoms with Crippen molar-refractivity contribution in [2.45, 2.75) is 165 Å². The van der Waals surface area contributed by atoms with Crippen LogP contribution in [0.2, 0.25) is 0 Å². The minimum Gasteiger partial charge on any atom is -0.431 e. The van der Waals surface area contributed by atoms with E-state index in [1.807, 2.05) is 30.3 Å². The van der Waals surface area contributed by atoms with E-state index in [0.29, 0.717) is 24.4 Å². The Kier molecular flexibility index (Phi) is 9.01. The van der Waals surface area contributed by atoms with Crippen LogP contribution >= 0.6 is 0 Å². The Balaban J connectivity index is 1.18. The molecule has 0 unspecified atom stereocenters. The lowest BCUT2D eigenvalue weighted by atomic mass is 9.75. The van der Waals surface area contributed by atoms with Gasteiger partial charge in [-0.3, -0.25) is 0 Å². The minimum absolute atomic E-state index is 0.163. The van der Waals surface area contributed by atoms with Crippen molar-refractivity contribution in [1.29, 1.82) is 0 Å². The minimum atomic E-state index is -0.750. The van der Waals surface area contributed by atoms with Crippen LogP contribution < -0.4 is 0 Å². The highest BCUT2D eigenvalue weighted by Crippen LogP contribution is 2.52. The molecule has 2 aliphatic heterocycles. The third kappa shape index (κ3) is 6.18. The number of rotatable bonds is 6. The summed E-state index contributed by atoms with van der Waals surface area (Å²) in [7, 11) is 0. The highest BCUT2D eigenvalue weighted by Gasteiger charge is 2.67. The van der Waals surface area contributed by atoms with E-state index in [4.69, 9.17) is 33.2 Å². The fourth-order valence-corrected chi connectivity index (χ4v) is 8.96. The standard InChI is InChI=1S/C36H52O8/c1-23(2)26-16-15-24(3)21-27(26)39-34(37)40-29-28(38-22-25-13-7-4-8-14-25)30-32(43-35(41-30)17-9-5-10-18-35)33-31(29)42-36(44-33)19-11-6-12-20-36/h4,7-8,13-14,23-24,26-33H,5-6,9-12,15-22H2,1-3H3/t24-,26+,27+,28+,29-,30+,31-,32-,33-/m1/s1. The average molecular weight is 613 g/mol. The fourth-order valence-electron chi connectivity index (χ4n) is 8.96. The molecular weight excluding hydrogens is 560 g/mol. The third-order valence-electron chi connectivity index (χ3n) is 11.3. The van der Waals surface area contributed by atoms with Gasteiger partial charge in [-0.15, -0.1) is 0 Å². The molecule has 1 aromatic rings. The monoisotopic (exact) mass is 612 g/mol. The van der Waals surface area contributed by atoms with Gasteiger partial charge in [-0.2, -0.15) is 0 Å². The summed E-state index contributed by atoms with van der Waals surface area (Å²) in [6, 6.07) is 10.1. The molecule has 6 fully saturated rings. The van der Waals surface area contributed by atoms with Gasteiger partial charge in [0.05, 0.1) is 6.61 Å². The highest BCUT2D eigenvalue weighted by molar-refractivity contribution is 5.60. The predicted molar refractivity (Wildman–Crippen MR) is 163 cm³/mol. The molecule has 0 bridgehead atoms. The number of ether oxygens (including phenoxy) is 7. The summed E-state index contributed by atoms with van der Waals surface area (Å²) >= 11 is 0. The van der Waals surface area contributed by atoms with Crippen LogP contribution in [0, 0.1) is 17.8 Å². The number of carbonyl (C=O) groups excluding carboxylic acids is 1. The Morgan fingerprint density at radius 3 is 1.93 bits per heavy atom. The quantitative estimate of drug-likeness (QED) is 0.306. The van der Waals surface area contributed by atoms with Crippen LogP contribution in [0.4, 0.5) is 4.79 Å². The molecular formula is C36H52O8. The number of fused-ring (bicyclic) bond motifs is 3. The summed E-state index contributed by atoms with van der Waals surface area (Å²) in [6.07, 6.45) is 9.09. The van der Waals surface area contributed by atoms with Gasteiger partial charge < -0.3 is 33.2 Å². The Labute approximate surface area is 262 Å². The number of hydrogen-bond donors (Lipinski definition) is 0. The molecule has 2 spiro atoms. The van der Waals surface area contributed by atoms with Gasteiger partial charge in [-0.1, -0.05) is 70.4 Å². The van der Waals surface area contributed by atoms with Crippen molar-refractivity contribution in [3.63, 3.8) is 0 Å². The first-order chi connectivity index (χ1) is 21.3. The van der Waals surface area contributed by atoms with E-state index in [-0.39, 0.29) is 12.2 Å². The summed E-state index contributed by atoms with van der Waals surface area (Å²) in [5.74, 6) is -0.0863. The molecule has 7 rings (SSSR count). The van der Waals surface area contributed by atoms with E-state index in [1.54, 1.807) is 0 Å². The zero-order valence-electron chi connectivity index (χ0n) is 26.8. The van der Waals surface area contributed by atoms with Crippen LogP contribution in [-0.4, -0.2) is 60.5 Å². The van der Waals surface area contributed by atoms with Crippen LogP contribution in [0.5, 0.6) is 0 Å². The molecule has 8 heteroatoms. The van der Waals surface area contributed by atoms with Gasteiger partial charge in [0.2, 0.25) is 0 Å². The third-order valence-corrected chi connectivity index (χ3v) is 11.3. The molecule has 8 nitrogen and oxygen atoms in total. The van der Waals surface area contributed by atoms with E-state index in [1.165, 1.54) is 12.8 Å². The number of benzene rings is 1. The zero-order valence-corrected chi connectivity index (χ0v) is 26.8. The van der Waals surface area contributed by atoms with Gasteiger partial charge in [-0.05, 0) is 61.8 Å². The van der Waals surface area contributed by atoms with Crippen molar-refractivity contribution in [3.8, 4) is 0 Å². The van der Waals surface area contributed by atoms with Gasteiger partial charge in [0.25, 0.3) is 0 Å². The maximum absolute atomic E-state index is 13.7. The molecule has 9 atom stereocenters. The molecule has 244 valence electrons. The van der Waals surface area contributed by atoms with E-state index in [9.17, 15) is 4.79 Å². The van der Waals surface area contributed by atoms with Crippen molar-refractivity contribution in [2.75, 3.05) is 0 Å². The summed E-state index contributed by atoms with van der Waals surface area (Å²) in [5, 5.41) is 0. The van der Waals surface area contributed by atoms with Crippen LogP contribution in [0.25, 0.3) is 0 Å². The number of carbonyl (C=O) groups is 1. The molecule has 4 aliphatic carbocycles. The maximum atomic E-state index is 13.7. The smallest absolute Gasteiger partial charge is 0.431 e. The van der Waals surface area contributed by atoms with Crippen LogP contribution in [0.15, 0.2) is 30.3 Å². The van der Waals surface area contributed by atoms with Crippen molar-refractivity contribution in [2.24, 2.45) is 17.8 Å². The lowest BCUT2D eigenvalue weighted by Crippen LogP contribution is -2.63. The summed E-state index contributed by atoms with van der Waals surface area (Å²) in [5.41, 5.74) is 1.04. The Hall–Kier alpha value is -1.71. The Bertz CT molecular complexity index is 1110. The van der Waals surface area contributed by atoms with Gasteiger partial charge in [0, 0.05) is 25.7 Å². The highest BCUT2D eigenvalue weighted by atomic mass is 16.8. The molecule has 2 saturated heterocycles. The van der Waals surface area contributed by atoms with Gasteiger partial charge in [0.15, 0.2) is 17.7 Å². The summed E-state index contributed by atoms with van der Waals surface area (Å²) < 4.78 is 46.7. The molecule has 0 aromatic heterocycles. The first kappa shape index (κ1) is 30.9. The second kappa shape index (κ2) is 12.8. The van der Waals surface area contributed by atoms with Crippen molar-refractivity contribution in [1.82, 2.24) is 0 Å². The normalized spacial score (nSPS) is 39.2. The summed E-state index contributed by atoms with van der Waals surface area (Å²) in [4.78, 5) is 13.7. The molecule has 6 aliphatic rings. The Morgan fingerprint density at radius 2 is 1.34 bits per heavy atom. The van der Waals surface area contributed by atoms with Gasteiger partial charge >= 0.3 is 6.16 Å². The molecule has 0 radical (unpaired) electrons. The SMILES string of the molecule is CC(C)[C@@H]1CC[C@@H](C)C[C@@H]1OC(=O)O[C@@H]1[C@H](OCc2ccccc2)[C@@H]2OC3(CCCCC3)O[C@H]2[C@@H]2OC3(CCCCC3)O[C@H]12. The summed E-state index contributed by atoms with van der Waals surface area (Å²) in [6.45, 7) is 7.03. The van der Waals surface area contributed by atoms with Gasteiger partial charge in [-0.25, -0.2) is 4.79 Å². The van der Waals surface area contributed by atoms with Gasteiger partial charge in [0.1, 0.15) is 36.6 Å². The molecule has 4 saturated carbocycles.